The van der Waals surface area contributed by atoms with E-state index >= 15 is 0 Å². The van der Waals surface area contributed by atoms with Crippen LogP contribution in [0, 0.1) is 5.92 Å². The first-order valence-electron chi connectivity index (χ1n) is 13.0. The maximum Gasteiger partial charge on any atom is 0.164 e. The summed E-state index contributed by atoms with van der Waals surface area (Å²) in [6.45, 7) is 2.26. The molecular formula is C34H24BrN3S. The lowest BCUT2D eigenvalue weighted by Gasteiger charge is -2.18. The summed E-state index contributed by atoms with van der Waals surface area (Å²) in [7, 11) is 0. The molecule has 2 unspecified atom stereocenters. The van der Waals surface area contributed by atoms with E-state index in [0.717, 1.165) is 22.3 Å². The first-order valence-corrected chi connectivity index (χ1v) is 14.7. The van der Waals surface area contributed by atoms with E-state index in [1.165, 1.54) is 26.1 Å². The molecule has 1 aliphatic rings. The highest BCUT2D eigenvalue weighted by atomic mass is 79.9. The van der Waals surface area contributed by atoms with Crippen molar-refractivity contribution in [3.8, 4) is 45.3 Å². The second-order valence-corrected chi connectivity index (χ2v) is 11.8. The zero-order valence-corrected chi connectivity index (χ0v) is 23.7. The third-order valence-corrected chi connectivity index (χ3v) is 10.1. The number of aromatic nitrogens is 3. The van der Waals surface area contributed by atoms with Gasteiger partial charge >= 0.3 is 0 Å². The molecule has 2 heterocycles. The topological polar surface area (TPSA) is 38.7 Å². The van der Waals surface area contributed by atoms with Gasteiger partial charge < -0.3 is 0 Å². The SMILES string of the molecule is CC1C=Cc2c(sc3c(-c4cccc(-c5nc(-c6ccccc6)nc(-c6ccccc6)n5)c4)cccc23)C1Br. The average Bonchev–Trinajstić information content (AvgIpc) is 3.39. The minimum absolute atomic E-state index is 0.340. The molecule has 0 amide bonds. The van der Waals surface area contributed by atoms with Crippen molar-refractivity contribution in [2.75, 3.05) is 0 Å². The smallest absolute Gasteiger partial charge is 0.164 e. The van der Waals surface area contributed by atoms with Gasteiger partial charge in [-0.25, -0.2) is 15.0 Å². The molecule has 5 heteroatoms. The van der Waals surface area contributed by atoms with Crippen LogP contribution in [-0.2, 0) is 0 Å². The molecule has 39 heavy (non-hydrogen) atoms. The number of hydrogen-bond donors (Lipinski definition) is 0. The Labute approximate surface area is 240 Å². The van der Waals surface area contributed by atoms with Crippen molar-refractivity contribution in [2.45, 2.75) is 11.8 Å². The summed E-state index contributed by atoms with van der Waals surface area (Å²) < 4.78 is 1.31. The molecule has 0 N–H and O–H groups in total. The predicted molar refractivity (Wildman–Crippen MR) is 167 cm³/mol. The first kappa shape index (κ1) is 24.1. The zero-order valence-electron chi connectivity index (χ0n) is 21.3. The zero-order chi connectivity index (χ0) is 26.3. The van der Waals surface area contributed by atoms with E-state index in [1.54, 1.807) is 0 Å². The molecule has 188 valence electrons. The lowest BCUT2D eigenvalue weighted by Crippen LogP contribution is -2.03. The summed E-state index contributed by atoms with van der Waals surface area (Å²) in [5, 5.41) is 1.31. The molecule has 7 rings (SSSR count). The number of rotatable bonds is 4. The minimum atomic E-state index is 0.340. The fourth-order valence-electron chi connectivity index (χ4n) is 5.11. The fourth-order valence-corrected chi connectivity index (χ4v) is 7.23. The minimum Gasteiger partial charge on any atom is -0.208 e. The Balaban J connectivity index is 1.37. The van der Waals surface area contributed by atoms with Crippen molar-refractivity contribution < 1.29 is 0 Å². The van der Waals surface area contributed by atoms with Gasteiger partial charge in [-0.3, -0.25) is 0 Å². The number of thiophene rings is 1. The third-order valence-electron chi connectivity index (χ3n) is 7.19. The van der Waals surface area contributed by atoms with Gasteiger partial charge in [0.2, 0.25) is 0 Å². The molecule has 4 aromatic carbocycles. The van der Waals surface area contributed by atoms with Crippen LogP contribution in [0.4, 0.5) is 0 Å². The van der Waals surface area contributed by atoms with Crippen LogP contribution in [0.5, 0.6) is 0 Å². The van der Waals surface area contributed by atoms with E-state index in [-0.39, 0.29) is 0 Å². The number of allylic oxidation sites excluding steroid dienone is 1. The van der Waals surface area contributed by atoms with Crippen LogP contribution in [0.1, 0.15) is 22.2 Å². The number of hydrogen-bond acceptors (Lipinski definition) is 4. The van der Waals surface area contributed by atoms with Crippen molar-refractivity contribution >= 4 is 43.4 Å². The Kier molecular flexibility index (Phi) is 6.18. The highest BCUT2D eigenvalue weighted by molar-refractivity contribution is 9.09. The Morgan fingerprint density at radius 3 is 1.87 bits per heavy atom. The highest BCUT2D eigenvalue weighted by Crippen LogP contribution is 2.48. The lowest BCUT2D eigenvalue weighted by atomic mass is 9.94. The first-order chi connectivity index (χ1) is 19.2. The van der Waals surface area contributed by atoms with Crippen molar-refractivity contribution in [1.29, 1.82) is 0 Å². The van der Waals surface area contributed by atoms with Crippen LogP contribution in [0.15, 0.2) is 109 Å². The molecule has 0 bridgehead atoms. The molecule has 2 atom stereocenters. The standard InChI is InChI=1S/C34H24BrN3S/c1-21-18-19-28-27-17-9-16-26(30(27)39-31(28)29(21)35)24-14-8-15-25(20-24)34-37-32(22-10-4-2-5-11-22)36-33(38-34)23-12-6-3-7-13-23/h2-21,29H,1H3. The second-order valence-electron chi connectivity index (χ2n) is 9.80. The quantitative estimate of drug-likeness (QED) is 0.193. The van der Waals surface area contributed by atoms with Gasteiger partial charge in [0.15, 0.2) is 17.5 Å². The summed E-state index contributed by atoms with van der Waals surface area (Å²) in [5.74, 6) is 2.47. The summed E-state index contributed by atoms with van der Waals surface area (Å²) >= 11 is 5.84. The Hall–Kier alpha value is -3.93. The van der Waals surface area contributed by atoms with Crippen LogP contribution >= 0.6 is 27.3 Å². The molecule has 0 saturated carbocycles. The van der Waals surface area contributed by atoms with E-state index in [4.69, 9.17) is 15.0 Å². The van der Waals surface area contributed by atoms with Gasteiger partial charge in [0, 0.05) is 31.7 Å². The molecule has 6 aromatic rings. The van der Waals surface area contributed by atoms with Crippen LogP contribution < -0.4 is 0 Å². The van der Waals surface area contributed by atoms with Crippen molar-refractivity contribution in [3.05, 3.63) is 120 Å². The Bertz CT molecular complexity index is 1790. The van der Waals surface area contributed by atoms with Gasteiger partial charge in [-0.15, -0.1) is 11.3 Å². The Morgan fingerprint density at radius 2 is 1.21 bits per heavy atom. The molecule has 0 aliphatic heterocycles. The van der Waals surface area contributed by atoms with Crippen molar-refractivity contribution in [2.24, 2.45) is 5.92 Å². The number of nitrogens with zero attached hydrogens (tertiary/aromatic N) is 3. The molecule has 0 spiro atoms. The van der Waals surface area contributed by atoms with Gasteiger partial charge in [-0.2, -0.15) is 0 Å². The number of halogens is 1. The van der Waals surface area contributed by atoms with Gasteiger partial charge in [0.05, 0.1) is 4.83 Å². The maximum atomic E-state index is 4.93. The molecule has 3 nitrogen and oxygen atoms in total. The average molecular weight is 587 g/mol. The monoisotopic (exact) mass is 585 g/mol. The highest BCUT2D eigenvalue weighted by Gasteiger charge is 2.25. The Morgan fingerprint density at radius 1 is 0.641 bits per heavy atom. The van der Waals surface area contributed by atoms with Crippen LogP contribution in [-0.4, -0.2) is 15.0 Å². The summed E-state index contributed by atoms with van der Waals surface area (Å²) in [5.41, 5.74) is 6.63. The van der Waals surface area contributed by atoms with Gasteiger partial charge in [-0.05, 0) is 28.7 Å². The van der Waals surface area contributed by atoms with Gasteiger partial charge in [-0.1, -0.05) is 132 Å². The second kappa shape index (κ2) is 9.99. The van der Waals surface area contributed by atoms with E-state index in [0.29, 0.717) is 28.2 Å². The molecule has 1 aliphatic carbocycles. The lowest BCUT2D eigenvalue weighted by molar-refractivity contribution is 0.720. The maximum absolute atomic E-state index is 4.93. The molecule has 0 saturated heterocycles. The third kappa shape index (κ3) is 4.42. The van der Waals surface area contributed by atoms with E-state index in [1.807, 2.05) is 72.0 Å². The molecular weight excluding hydrogens is 562 g/mol. The fraction of sp³-hybridized carbons (Fsp3) is 0.0882. The van der Waals surface area contributed by atoms with E-state index in [2.05, 4.69) is 77.5 Å². The van der Waals surface area contributed by atoms with Gasteiger partial charge in [0.1, 0.15) is 0 Å². The number of fused-ring (bicyclic) bond motifs is 3. The summed E-state index contributed by atoms with van der Waals surface area (Å²) in [6, 6.07) is 35.4. The summed E-state index contributed by atoms with van der Waals surface area (Å²) in [6.07, 6.45) is 4.59. The molecule has 2 aromatic heterocycles. The van der Waals surface area contributed by atoms with Gasteiger partial charge in [0.25, 0.3) is 0 Å². The number of alkyl halides is 1. The molecule has 0 fully saturated rings. The number of benzene rings is 4. The summed E-state index contributed by atoms with van der Waals surface area (Å²) in [4.78, 5) is 16.4. The van der Waals surface area contributed by atoms with Crippen LogP contribution in [0.2, 0.25) is 0 Å². The van der Waals surface area contributed by atoms with Crippen LogP contribution in [0.3, 0.4) is 0 Å². The van der Waals surface area contributed by atoms with E-state index in [9.17, 15) is 0 Å². The normalized spacial score (nSPS) is 16.4. The van der Waals surface area contributed by atoms with Crippen LogP contribution in [0.25, 0.3) is 61.5 Å². The largest absolute Gasteiger partial charge is 0.208 e. The molecule has 0 radical (unpaired) electrons. The van der Waals surface area contributed by atoms with Crippen molar-refractivity contribution in [3.63, 3.8) is 0 Å². The van der Waals surface area contributed by atoms with Crippen molar-refractivity contribution in [1.82, 2.24) is 15.0 Å². The van der Waals surface area contributed by atoms with E-state index < -0.39 is 0 Å². The predicted octanol–water partition coefficient (Wildman–Crippen LogP) is 9.85.